The zero-order valence-corrected chi connectivity index (χ0v) is 8.32. The summed E-state index contributed by atoms with van der Waals surface area (Å²) in [6, 6.07) is 0. The smallest absolute Gasteiger partial charge is 0.334 e. The quantitative estimate of drug-likeness (QED) is 0.390. The molecular weight excluding hydrogens is 168 g/mol. The van der Waals surface area contributed by atoms with E-state index in [4.69, 9.17) is 0 Å². The molecule has 0 aromatic rings. The van der Waals surface area contributed by atoms with Crippen molar-refractivity contribution in [3.8, 4) is 0 Å². The Balaban J connectivity index is 3.36. The molecule has 1 atom stereocenters. The molecule has 0 saturated heterocycles. The van der Waals surface area contributed by atoms with Gasteiger partial charge < -0.3 is 9.84 Å². The molecule has 0 aliphatic rings. The molecule has 1 unspecified atom stereocenters. The van der Waals surface area contributed by atoms with Gasteiger partial charge in [-0.05, 0) is 32.6 Å². The van der Waals surface area contributed by atoms with Crippen LogP contribution in [0.25, 0.3) is 0 Å². The van der Waals surface area contributed by atoms with E-state index in [1.807, 2.05) is 13.0 Å². The van der Waals surface area contributed by atoms with Gasteiger partial charge in [0.1, 0.15) is 0 Å². The van der Waals surface area contributed by atoms with Crippen LogP contribution in [0.1, 0.15) is 32.6 Å². The van der Waals surface area contributed by atoms with Gasteiger partial charge in [0.15, 0.2) is 6.10 Å². The summed E-state index contributed by atoms with van der Waals surface area (Å²) in [7, 11) is 1.28. The SMILES string of the molecule is CC=CCCCCC(O)C(=O)OC. The van der Waals surface area contributed by atoms with Gasteiger partial charge in [-0.2, -0.15) is 0 Å². The van der Waals surface area contributed by atoms with Crippen LogP contribution in [0.4, 0.5) is 0 Å². The first-order valence-corrected chi connectivity index (χ1v) is 4.59. The molecule has 76 valence electrons. The average molecular weight is 186 g/mol. The number of carbonyl (C=O) groups excluding carboxylic acids is 1. The van der Waals surface area contributed by atoms with Crippen LogP contribution >= 0.6 is 0 Å². The van der Waals surface area contributed by atoms with Crippen molar-refractivity contribution in [3.05, 3.63) is 12.2 Å². The summed E-state index contributed by atoms with van der Waals surface area (Å²) in [4.78, 5) is 10.7. The minimum absolute atomic E-state index is 0.490. The molecule has 0 rings (SSSR count). The number of allylic oxidation sites excluding steroid dienone is 2. The van der Waals surface area contributed by atoms with E-state index >= 15 is 0 Å². The highest BCUT2D eigenvalue weighted by Crippen LogP contribution is 2.05. The Bertz CT molecular complexity index is 164. The highest BCUT2D eigenvalue weighted by Gasteiger charge is 2.13. The lowest BCUT2D eigenvalue weighted by molar-refractivity contribution is -0.150. The van der Waals surface area contributed by atoms with Crippen molar-refractivity contribution in [1.29, 1.82) is 0 Å². The molecule has 0 amide bonds. The molecule has 3 heteroatoms. The van der Waals surface area contributed by atoms with Crippen LogP contribution in [0.5, 0.6) is 0 Å². The Hall–Kier alpha value is -0.830. The molecular formula is C10H18O3. The Kier molecular flexibility index (Phi) is 7.30. The lowest BCUT2D eigenvalue weighted by Gasteiger charge is -2.06. The van der Waals surface area contributed by atoms with Gasteiger partial charge in [-0.3, -0.25) is 0 Å². The lowest BCUT2D eigenvalue weighted by Crippen LogP contribution is -2.21. The molecule has 0 saturated carbocycles. The number of ether oxygens (including phenoxy) is 1. The average Bonchev–Trinajstić information content (AvgIpc) is 2.16. The number of methoxy groups -OCH3 is 1. The highest BCUT2D eigenvalue weighted by atomic mass is 16.5. The maximum atomic E-state index is 10.7. The second-order valence-electron chi connectivity index (χ2n) is 2.89. The number of hydrogen-bond donors (Lipinski definition) is 1. The first-order chi connectivity index (χ1) is 6.22. The van der Waals surface area contributed by atoms with Gasteiger partial charge in [0.2, 0.25) is 0 Å². The van der Waals surface area contributed by atoms with Crippen molar-refractivity contribution in [2.24, 2.45) is 0 Å². The molecule has 0 fully saturated rings. The Labute approximate surface area is 79.4 Å². The number of esters is 1. The predicted molar refractivity (Wildman–Crippen MR) is 51.3 cm³/mol. The standard InChI is InChI=1S/C10H18O3/c1-3-4-5-6-7-8-9(11)10(12)13-2/h3-4,9,11H,5-8H2,1-2H3. The minimum Gasteiger partial charge on any atom is -0.467 e. The molecule has 1 N–H and O–H groups in total. The third-order valence-corrected chi connectivity index (χ3v) is 1.81. The van der Waals surface area contributed by atoms with E-state index in [2.05, 4.69) is 10.8 Å². The van der Waals surface area contributed by atoms with Crippen molar-refractivity contribution in [1.82, 2.24) is 0 Å². The van der Waals surface area contributed by atoms with Crippen LogP contribution in [0.2, 0.25) is 0 Å². The van der Waals surface area contributed by atoms with Gasteiger partial charge in [0, 0.05) is 0 Å². The molecule has 0 aromatic heterocycles. The van der Waals surface area contributed by atoms with Crippen molar-refractivity contribution in [2.75, 3.05) is 7.11 Å². The third kappa shape index (κ3) is 6.34. The molecule has 0 heterocycles. The Morgan fingerprint density at radius 2 is 2.23 bits per heavy atom. The first kappa shape index (κ1) is 12.2. The topological polar surface area (TPSA) is 46.5 Å². The van der Waals surface area contributed by atoms with Gasteiger partial charge in [0.25, 0.3) is 0 Å². The van der Waals surface area contributed by atoms with Gasteiger partial charge in [-0.25, -0.2) is 4.79 Å². The zero-order chi connectivity index (χ0) is 10.1. The van der Waals surface area contributed by atoms with Gasteiger partial charge >= 0.3 is 5.97 Å². The van der Waals surface area contributed by atoms with E-state index in [1.54, 1.807) is 0 Å². The largest absolute Gasteiger partial charge is 0.467 e. The second kappa shape index (κ2) is 7.80. The number of aliphatic hydroxyl groups is 1. The van der Waals surface area contributed by atoms with E-state index in [0.717, 1.165) is 19.3 Å². The van der Waals surface area contributed by atoms with Crippen molar-refractivity contribution < 1.29 is 14.6 Å². The number of rotatable bonds is 6. The number of aliphatic hydroxyl groups excluding tert-OH is 1. The molecule has 3 nitrogen and oxygen atoms in total. The summed E-state index contributed by atoms with van der Waals surface area (Å²) in [5.74, 6) is -0.536. The van der Waals surface area contributed by atoms with Crippen LogP contribution in [0.15, 0.2) is 12.2 Å². The molecule has 13 heavy (non-hydrogen) atoms. The van der Waals surface area contributed by atoms with Crippen molar-refractivity contribution >= 4 is 5.97 Å². The highest BCUT2D eigenvalue weighted by molar-refractivity contribution is 5.74. The summed E-state index contributed by atoms with van der Waals surface area (Å²) < 4.78 is 4.39. The van der Waals surface area contributed by atoms with Crippen LogP contribution in [0, 0.1) is 0 Å². The fourth-order valence-electron chi connectivity index (χ4n) is 1.02. The van der Waals surface area contributed by atoms with Gasteiger partial charge in [0.05, 0.1) is 7.11 Å². The van der Waals surface area contributed by atoms with Gasteiger partial charge in [-0.1, -0.05) is 12.2 Å². The fourth-order valence-corrected chi connectivity index (χ4v) is 1.02. The monoisotopic (exact) mass is 186 g/mol. The first-order valence-electron chi connectivity index (χ1n) is 4.59. The maximum absolute atomic E-state index is 10.7. The number of unbranched alkanes of at least 4 members (excludes halogenated alkanes) is 2. The summed E-state index contributed by atoms with van der Waals surface area (Å²) in [6.45, 7) is 1.98. The van der Waals surface area contributed by atoms with Crippen molar-refractivity contribution in [2.45, 2.75) is 38.7 Å². The van der Waals surface area contributed by atoms with E-state index in [9.17, 15) is 9.90 Å². The normalized spacial score (nSPS) is 13.2. The summed E-state index contributed by atoms with van der Waals surface area (Å²) >= 11 is 0. The van der Waals surface area contributed by atoms with E-state index in [1.165, 1.54) is 7.11 Å². The molecule has 0 aliphatic heterocycles. The van der Waals surface area contributed by atoms with E-state index in [-0.39, 0.29) is 0 Å². The van der Waals surface area contributed by atoms with Crippen molar-refractivity contribution in [3.63, 3.8) is 0 Å². The summed E-state index contributed by atoms with van der Waals surface area (Å²) in [5, 5.41) is 9.18. The molecule has 0 spiro atoms. The molecule has 0 radical (unpaired) electrons. The van der Waals surface area contributed by atoms with Crippen LogP contribution in [-0.4, -0.2) is 24.3 Å². The number of carbonyl (C=O) groups is 1. The maximum Gasteiger partial charge on any atom is 0.334 e. The number of hydrogen-bond acceptors (Lipinski definition) is 3. The summed E-state index contributed by atoms with van der Waals surface area (Å²) in [6.07, 6.45) is 6.46. The zero-order valence-electron chi connectivity index (χ0n) is 8.32. The molecule has 0 bridgehead atoms. The second-order valence-corrected chi connectivity index (χ2v) is 2.89. The lowest BCUT2D eigenvalue weighted by atomic mass is 10.1. The van der Waals surface area contributed by atoms with E-state index < -0.39 is 12.1 Å². The van der Waals surface area contributed by atoms with Crippen LogP contribution < -0.4 is 0 Å². The Morgan fingerprint density at radius 1 is 1.54 bits per heavy atom. The summed E-state index contributed by atoms with van der Waals surface area (Å²) in [5.41, 5.74) is 0. The van der Waals surface area contributed by atoms with Gasteiger partial charge in [-0.15, -0.1) is 0 Å². The molecule has 0 aliphatic carbocycles. The molecule has 0 aromatic carbocycles. The minimum atomic E-state index is -0.949. The van der Waals surface area contributed by atoms with Crippen LogP contribution in [-0.2, 0) is 9.53 Å². The Morgan fingerprint density at radius 3 is 2.77 bits per heavy atom. The third-order valence-electron chi connectivity index (χ3n) is 1.81. The fraction of sp³-hybridized carbons (Fsp3) is 0.700. The van der Waals surface area contributed by atoms with E-state index in [0.29, 0.717) is 6.42 Å². The van der Waals surface area contributed by atoms with Crippen LogP contribution in [0.3, 0.4) is 0 Å². The predicted octanol–water partition coefficient (Wildman–Crippen LogP) is 1.66.